The van der Waals surface area contributed by atoms with Crippen molar-refractivity contribution in [2.75, 3.05) is 74.3 Å². The molecule has 3 heterocycles. The largest absolute Gasteiger partial charge is 0.364 e. The summed E-state index contributed by atoms with van der Waals surface area (Å²) in [6.45, 7) is 5.56. The number of fused-ring (bicyclic) bond motifs is 1. The lowest BCUT2D eigenvalue weighted by Gasteiger charge is -2.30. The van der Waals surface area contributed by atoms with Crippen LogP contribution in [0, 0.1) is 38.0 Å². The Labute approximate surface area is 355 Å². The summed E-state index contributed by atoms with van der Waals surface area (Å²) in [7, 11) is 4.24. The first-order chi connectivity index (χ1) is 29.2. The van der Waals surface area contributed by atoms with Crippen molar-refractivity contribution in [2.45, 2.75) is 56.5 Å². The number of nitrogens with one attached hydrogen (secondary N) is 5. The van der Waals surface area contributed by atoms with Gasteiger partial charge in [0, 0.05) is 37.6 Å². The highest BCUT2D eigenvalue weighted by Crippen LogP contribution is 2.31. The predicted molar refractivity (Wildman–Crippen MR) is 241 cm³/mol. The molecular weight excluding hydrogens is 781 g/mol. The third-order valence-corrected chi connectivity index (χ3v) is 11.9. The molecule has 17 heteroatoms. The van der Waals surface area contributed by atoms with Gasteiger partial charge in [-0.2, -0.15) is 9.97 Å². The number of rotatable bonds is 17. The number of benzene rings is 3. The lowest BCUT2D eigenvalue weighted by molar-refractivity contribution is -0.384. The van der Waals surface area contributed by atoms with Crippen molar-refractivity contribution >= 4 is 57.4 Å². The summed E-state index contributed by atoms with van der Waals surface area (Å²) in [6.07, 6.45) is 11.4. The minimum Gasteiger partial charge on any atom is -0.364 e. The van der Waals surface area contributed by atoms with Gasteiger partial charge in [-0.3, -0.25) is 20.2 Å². The van der Waals surface area contributed by atoms with Gasteiger partial charge >= 0.3 is 11.4 Å². The maximum Gasteiger partial charge on any atom is 0.329 e. The molecule has 1 aliphatic carbocycles. The molecule has 318 valence electrons. The van der Waals surface area contributed by atoms with Crippen molar-refractivity contribution in [3.8, 4) is 0 Å². The standard InChI is InChI=1S/C25H32N6O2.C18H24N6O2S/c1-30(2)17-19-12-10-18(11-13-19)14-26-24-23(31(32)33)16-28-25(29-24)27-15-21-8-5-7-20-6-3-4-9-22(20)21;1-27-16-5-3-2-4-14(16)11-21-18-22-12-15(24(25)26)17(23-18)20-10-13-6-8-19-9-7-13/h3-9,16,18-19H,10-15,17H2,1-2H3,(H2,26,27,28,29);2-5,12-13,19H,6-11H2,1H3,(H2,20,21,22,23). The molecule has 7 rings (SSSR count). The first kappa shape index (κ1) is 43.9. The number of thioether (sulfide) groups is 1. The lowest BCUT2D eigenvalue weighted by Crippen LogP contribution is -2.31. The number of aromatic nitrogens is 4. The summed E-state index contributed by atoms with van der Waals surface area (Å²) in [6, 6.07) is 22.5. The molecule has 1 saturated heterocycles. The van der Waals surface area contributed by atoms with Crippen molar-refractivity contribution in [1.82, 2.24) is 30.2 Å². The van der Waals surface area contributed by atoms with Gasteiger partial charge < -0.3 is 31.5 Å². The number of piperidine rings is 1. The van der Waals surface area contributed by atoms with Crippen LogP contribution in [0.4, 0.5) is 34.9 Å². The third-order valence-electron chi connectivity index (χ3n) is 11.0. The normalized spacial score (nSPS) is 16.7. The van der Waals surface area contributed by atoms with Gasteiger partial charge in [0.15, 0.2) is 0 Å². The molecule has 16 nitrogen and oxygen atoms in total. The van der Waals surface area contributed by atoms with Crippen LogP contribution in [0.15, 0.2) is 84.0 Å². The number of hydrogen-bond donors (Lipinski definition) is 5. The topological polar surface area (TPSA) is 201 Å². The predicted octanol–water partition coefficient (Wildman–Crippen LogP) is 8.06. The van der Waals surface area contributed by atoms with E-state index in [0.717, 1.165) is 67.7 Å². The zero-order valence-electron chi connectivity index (χ0n) is 34.6. The van der Waals surface area contributed by atoms with E-state index in [1.54, 1.807) is 11.8 Å². The molecule has 0 atom stereocenters. The molecule has 0 radical (unpaired) electrons. The summed E-state index contributed by atoms with van der Waals surface area (Å²) in [4.78, 5) is 42.5. The van der Waals surface area contributed by atoms with E-state index in [0.29, 0.717) is 49.9 Å². The molecule has 3 aromatic carbocycles. The molecule has 1 aliphatic heterocycles. The van der Waals surface area contributed by atoms with Gasteiger partial charge in [0.2, 0.25) is 23.5 Å². The van der Waals surface area contributed by atoms with Crippen LogP contribution in [-0.2, 0) is 13.1 Å². The van der Waals surface area contributed by atoms with Crippen LogP contribution in [0.5, 0.6) is 0 Å². The summed E-state index contributed by atoms with van der Waals surface area (Å²) >= 11 is 1.68. The van der Waals surface area contributed by atoms with Gasteiger partial charge in [-0.05, 0) is 118 Å². The van der Waals surface area contributed by atoms with E-state index >= 15 is 0 Å². The third kappa shape index (κ3) is 12.7. The Morgan fingerprint density at radius 1 is 0.683 bits per heavy atom. The van der Waals surface area contributed by atoms with Gasteiger partial charge in [0.05, 0.1) is 9.85 Å². The second kappa shape index (κ2) is 22.1. The molecule has 2 aliphatic rings. The molecule has 2 fully saturated rings. The molecule has 0 amide bonds. The van der Waals surface area contributed by atoms with E-state index < -0.39 is 9.85 Å². The highest BCUT2D eigenvalue weighted by molar-refractivity contribution is 7.98. The van der Waals surface area contributed by atoms with Crippen molar-refractivity contribution in [3.05, 3.63) is 110 Å². The van der Waals surface area contributed by atoms with Crippen LogP contribution in [0.3, 0.4) is 0 Å². The Bertz CT molecular complexity index is 2170. The fourth-order valence-electron chi connectivity index (χ4n) is 7.80. The molecule has 0 unspecified atom stereocenters. The molecule has 5 N–H and O–H groups in total. The van der Waals surface area contributed by atoms with E-state index in [-0.39, 0.29) is 23.0 Å². The molecule has 60 heavy (non-hydrogen) atoms. The average molecular weight is 837 g/mol. The van der Waals surface area contributed by atoms with Crippen LogP contribution >= 0.6 is 11.8 Å². The molecule has 0 spiro atoms. The minimum absolute atomic E-state index is 0.0907. The van der Waals surface area contributed by atoms with E-state index in [4.69, 9.17) is 0 Å². The summed E-state index contributed by atoms with van der Waals surface area (Å²) in [5.41, 5.74) is 2.07. The highest BCUT2D eigenvalue weighted by Gasteiger charge is 2.24. The maximum atomic E-state index is 11.5. The Kier molecular flexibility index (Phi) is 16.2. The number of hydrogen-bond acceptors (Lipinski definition) is 15. The Morgan fingerprint density at radius 2 is 1.20 bits per heavy atom. The van der Waals surface area contributed by atoms with Crippen molar-refractivity contribution in [2.24, 2.45) is 17.8 Å². The zero-order valence-corrected chi connectivity index (χ0v) is 35.4. The fourth-order valence-corrected chi connectivity index (χ4v) is 8.41. The molecular formula is C43H56N12O4S. The van der Waals surface area contributed by atoms with E-state index in [1.165, 1.54) is 35.5 Å². The van der Waals surface area contributed by atoms with Gasteiger partial charge in [-0.1, -0.05) is 60.7 Å². The Morgan fingerprint density at radius 3 is 1.80 bits per heavy atom. The van der Waals surface area contributed by atoms with Crippen LogP contribution in [0.2, 0.25) is 0 Å². The van der Waals surface area contributed by atoms with Gasteiger partial charge in [-0.25, -0.2) is 9.97 Å². The first-order valence-electron chi connectivity index (χ1n) is 20.6. The second-order valence-corrected chi connectivity index (χ2v) is 16.5. The van der Waals surface area contributed by atoms with E-state index in [9.17, 15) is 20.2 Å². The maximum absolute atomic E-state index is 11.5. The molecule has 1 saturated carbocycles. The van der Waals surface area contributed by atoms with E-state index in [1.807, 2.05) is 42.7 Å². The number of anilines is 4. The number of nitro groups is 2. The van der Waals surface area contributed by atoms with Gasteiger partial charge in [0.1, 0.15) is 12.4 Å². The average Bonchev–Trinajstić information content (AvgIpc) is 3.27. The quantitative estimate of drug-likeness (QED) is 0.0342. The Hall–Kier alpha value is -5.65. The van der Waals surface area contributed by atoms with E-state index in [2.05, 4.69) is 95.8 Å². The lowest BCUT2D eigenvalue weighted by atomic mass is 9.82. The SMILES string of the molecule is CN(C)CC1CCC(CNc2nc(NCc3cccc4ccccc34)ncc2[N+](=O)[O-])CC1.CSc1ccccc1CNc1ncc([N+](=O)[O-])c(NCC2CCNCC2)n1. The van der Waals surface area contributed by atoms with Crippen LogP contribution in [0.25, 0.3) is 10.8 Å². The van der Waals surface area contributed by atoms with Crippen molar-refractivity contribution in [1.29, 1.82) is 0 Å². The second-order valence-electron chi connectivity index (χ2n) is 15.6. The monoisotopic (exact) mass is 836 g/mol. The summed E-state index contributed by atoms with van der Waals surface area (Å²) < 4.78 is 0. The van der Waals surface area contributed by atoms with Gasteiger partial charge in [-0.15, -0.1) is 11.8 Å². The molecule has 0 bridgehead atoms. The Balaban J connectivity index is 0.000000205. The molecule has 2 aromatic heterocycles. The van der Waals surface area contributed by atoms with Gasteiger partial charge in [0.25, 0.3) is 0 Å². The first-order valence-corrected chi connectivity index (χ1v) is 21.8. The summed E-state index contributed by atoms with van der Waals surface area (Å²) in [5, 5.41) is 41.3. The van der Waals surface area contributed by atoms with Crippen molar-refractivity contribution < 1.29 is 9.85 Å². The number of nitrogens with zero attached hydrogens (tertiary/aromatic N) is 7. The minimum atomic E-state index is -0.447. The summed E-state index contributed by atoms with van der Waals surface area (Å²) in [5.74, 6) is 3.06. The fraction of sp³-hybridized carbons (Fsp3) is 0.442. The van der Waals surface area contributed by atoms with Crippen LogP contribution < -0.4 is 26.6 Å². The van der Waals surface area contributed by atoms with Crippen LogP contribution in [0.1, 0.15) is 49.7 Å². The van der Waals surface area contributed by atoms with Crippen molar-refractivity contribution in [3.63, 3.8) is 0 Å². The smallest absolute Gasteiger partial charge is 0.329 e. The van der Waals surface area contributed by atoms with Crippen LogP contribution in [-0.4, -0.2) is 87.8 Å². The zero-order chi connectivity index (χ0) is 42.3. The molecule has 5 aromatic rings. The highest BCUT2D eigenvalue weighted by atomic mass is 32.2.